The molecule has 0 unspecified atom stereocenters. The summed E-state index contributed by atoms with van der Waals surface area (Å²) >= 11 is 0. The summed E-state index contributed by atoms with van der Waals surface area (Å²) in [5.41, 5.74) is 4.17. The largest absolute Gasteiger partial charge is 0.456 e. The second-order valence-corrected chi connectivity index (χ2v) is 6.92. The highest BCUT2D eigenvalue weighted by Crippen LogP contribution is 2.27. The zero-order chi connectivity index (χ0) is 16.6. The summed E-state index contributed by atoms with van der Waals surface area (Å²) in [6.07, 6.45) is 0. The first-order valence-electron chi connectivity index (χ1n) is 7.72. The van der Waals surface area contributed by atoms with E-state index in [0.29, 0.717) is 11.1 Å². The molecule has 0 aliphatic carbocycles. The van der Waals surface area contributed by atoms with Gasteiger partial charge in [-0.25, -0.2) is 0 Å². The SMILES string of the molecule is Cc1ccc2/c(=N\O)cc(-c3ccc(C(C)(C)C)cc3)oc2c1. The summed E-state index contributed by atoms with van der Waals surface area (Å²) in [6.45, 7) is 8.57. The van der Waals surface area contributed by atoms with Crippen molar-refractivity contribution in [2.45, 2.75) is 33.1 Å². The standard InChI is InChI=1S/C20H21NO2/c1-13-5-10-16-17(21-22)12-18(23-19(16)11-13)14-6-8-15(9-7-14)20(2,3)4/h5-12,22H,1-4H3/b21-17-. The zero-order valence-electron chi connectivity index (χ0n) is 13.9. The molecule has 23 heavy (non-hydrogen) atoms. The average Bonchev–Trinajstić information content (AvgIpc) is 2.52. The Morgan fingerprint density at radius 2 is 1.65 bits per heavy atom. The predicted octanol–water partition coefficient (Wildman–Crippen LogP) is 5.00. The van der Waals surface area contributed by atoms with Gasteiger partial charge in [0.15, 0.2) is 0 Å². The molecule has 0 amide bonds. The number of aryl methyl sites for hydroxylation is 1. The van der Waals surface area contributed by atoms with Crippen LogP contribution in [0.5, 0.6) is 0 Å². The van der Waals surface area contributed by atoms with Gasteiger partial charge in [0.25, 0.3) is 0 Å². The monoisotopic (exact) mass is 307 g/mol. The number of hydrogen-bond donors (Lipinski definition) is 1. The molecule has 0 aliphatic rings. The Hall–Kier alpha value is -2.55. The van der Waals surface area contributed by atoms with Crippen molar-refractivity contribution >= 4 is 11.0 Å². The topological polar surface area (TPSA) is 45.7 Å². The van der Waals surface area contributed by atoms with Crippen LogP contribution in [-0.2, 0) is 5.41 Å². The van der Waals surface area contributed by atoms with E-state index in [2.05, 4.69) is 38.1 Å². The molecule has 1 aromatic heterocycles. The van der Waals surface area contributed by atoms with Gasteiger partial charge in [-0.05, 0) is 35.6 Å². The molecule has 3 heteroatoms. The molecule has 0 radical (unpaired) electrons. The molecular formula is C20H21NO2. The minimum Gasteiger partial charge on any atom is -0.456 e. The first kappa shape index (κ1) is 15.3. The predicted molar refractivity (Wildman–Crippen MR) is 92.4 cm³/mol. The van der Waals surface area contributed by atoms with Crippen molar-refractivity contribution in [3.8, 4) is 11.3 Å². The van der Waals surface area contributed by atoms with Gasteiger partial charge in [0.2, 0.25) is 0 Å². The Bertz CT molecular complexity index is 913. The van der Waals surface area contributed by atoms with E-state index >= 15 is 0 Å². The summed E-state index contributed by atoms with van der Waals surface area (Å²) < 4.78 is 6.03. The Labute approximate surface area is 135 Å². The van der Waals surface area contributed by atoms with Crippen molar-refractivity contribution < 1.29 is 9.62 Å². The van der Waals surface area contributed by atoms with Gasteiger partial charge in [0.1, 0.15) is 16.7 Å². The second-order valence-electron chi connectivity index (χ2n) is 6.92. The molecule has 0 atom stereocenters. The van der Waals surface area contributed by atoms with Crippen LogP contribution >= 0.6 is 0 Å². The highest BCUT2D eigenvalue weighted by atomic mass is 16.4. The van der Waals surface area contributed by atoms with Crippen LogP contribution in [-0.4, -0.2) is 5.21 Å². The van der Waals surface area contributed by atoms with E-state index < -0.39 is 0 Å². The van der Waals surface area contributed by atoms with Crippen LogP contribution in [0.4, 0.5) is 0 Å². The van der Waals surface area contributed by atoms with E-state index in [4.69, 9.17) is 4.42 Å². The highest BCUT2D eigenvalue weighted by molar-refractivity contribution is 5.79. The van der Waals surface area contributed by atoms with Crippen molar-refractivity contribution in [1.29, 1.82) is 0 Å². The molecule has 0 bridgehead atoms. The second kappa shape index (κ2) is 5.58. The van der Waals surface area contributed by atoms with Crippen LogP contribution in [0, 0.1) is 6.92 Å². The lowest BCUT2D eigenvalue weighted by molar-refractivity contribution is 0.302. The maximum absolute atomic E-state index is 9.31. The molecule has 1 heterocycles. The van der Waals surface area contributed by atoms with Crippen molar-refractivity contribution in [3.05, 3.63) is 65.0 Å². The molecule has 118 valence electrons. The summed E-state index contributed by atoms with van der Waals surface area (Å²) in [7, 11) is 0. The van der Waals surface area contributed by atoms with Crippen LogP contribution < -0.4 is 5.36 Å². The average molecular weight is 307 g/mol. The summed E-state index contributed by atoms with van der Waals surface area (Å²) in [4.78, 5) is 0. The fourth-order valence-corrected chi connectivity index (χ4v) is 2.63. The first-order valence-corrected chi connectivity index (χ1v) is 7.72. The quantitative estimate of drug-likeness (QED) is 0.508. The normalized spacial score (nSPS) is 12.8. The van der Waals surface area contributed by atoms with Crippen LogP contribution in [0.2, 0.25) is 0 Å². The van der Waals surface area contributed by atoms with Gasteiger partial charge in [-0.15, -0.1) is 0 Å². The molecule has 3 rings (SSSR count). The molecule has 2 aromatic carbocycles. The summed E-state index contributed by atoms with van der Waals surface area (Å²) in [5, 5.41) is 14.0. The molecule has 0 fully saturated rings. The van der Waals surface area contributed by atoms with Gasteiger partial charge in [0.05, 0.1) is 0 Å². The summed E-state index contributed by atoms with van der Waals surface area (Å²) in [6, 6.07) is 15.9. The van der Waals surface area contributed by atoms with Crippen molar-refractivity contribution in [2.24, 2.45) is 5.16 Å². The fraction of sp³-hybridized carbons (Fsp3) is 0.250. The van der Waals surface area contributed by atoms with Gasteiger partial charge in [-0.1, -0.05) is 56.3 Å². The van der Waals surface area contributed by atoms with Crippen molar-refractivity contribution in [2.75, 3.05) is 0 Å². The third-order valence-electron chi connectivity index (χ3n) is 4.04. The van der Waals surface area contributed by atoms with Gasteiger partial charge in [0, 0.05) is 17.0 Å². The lowest BCUT2D eigenvalue weighted by Crippen LogP contribution is -2.10. The van der Waals surface area contributed by atoms with Gasteiger partial charge >= 0.3 is 0 Å². The van der Waals surface area contributed by atoms with Crippen molar-refractivity contribution in [1.82, 2.24) is 0 Å². The van der Waals surface area contributed by atoms with E-state index in [-0.39, 0.29) is 5.41 Å². The molecule has 0 aliphatic heterocycles. The minimum absolute atomic E-state index is 0.113. The van der Waals surface area contributed by atoms with Crippen LogP contribution in [0.25, 0.3) is 22.3 Å². The number of rotatable bonds is 1. The van der Waals surface area contributed by atoms with E-state index in [1.54, 1.807) is 6.07 Å². The minimum atomic E-state index is 0.113. The van der Waals surface area contributed by atoms with Gasteiger partial charge < -0.3 is 9.62 Å². The third-order valence-corrected chi connectivity index (χ3v) is 4.04. The highest BCUT2D eigenvalue weighted by Gasteiger charge is 2.14. The Morgan fingerprint density at radius 1 is 0.957 bits per heavy atom. The number of fused-ring (bicyclic) bond motifs is 1. The van der Waals surface area contributed by atoms with Crippen LogP contribution in [0.15, 0.2) is 58.1 Å². The lowest BCUT2D eigenvalue weighted by atomic mass is 9.86. The van der Waals surface area contributed by atoms with Gasteiger partial charge in [-0.3, -0.25) is 0 Å². The van der Waals surface area contributed by atoms with Crippen LogP contribution in [0.3, 0.4) is 0 Å². The molecule has 0 saturated heterocycles. The Kier molecular flexibility index (Phi) is 3.72. The lowest BCUT2D eigenvalue weighted by Gasteiger charge is -2.19. The van der Waals surface area contributed by atoms with Gasteiger partial charge in [-0.2, -0.15) is 0 Å². The Morgan fingerprint density at radius 3 is 2.26 bits per heavy atom. The van der Waals surface area contributed by atoms with E-state index in [1.165, 1.54) is 5.56 Å². The smallest absolute Gasteiger partial charge is 0.137 e. The first-order chi connectivity index (χ1) is 10.9. The number of benzene rings is 2. The zero-order valence-corrected chi connectivity index (χ0v) is 13.9. The number of nitrogens with zero attached hydrogens (tertiary/aromatic N) is 1. The van der Waals surface area contributed by atoms with Crippen LogP contribution in [0.1, 0.15) is 31.9 Å². The molecule has 3 nitrogen and oxygen atoms in total. The Balaban J connectivity index is 2.16. The van der Waals surface area contributed by atoms with E-state index in [1.807, 2.05) is 37.3 Å². The maximum atomic E-state index is 9.31. The van der Waals surface area contributed by atoms with Crippen molar-refractivity contribution in [3.63, 3.8) is 0 Å². The summed E-state index contributed by atoms with van der Waals surface area (Å²) in [5.74, 6) is 0.691. The molecule has 1 N–H and O–H groups in total. The maximum Gasteiger partial charge on any atom is 0.137 e. The third kappa shape index (κ3) is 3.00. The van der Waals surface area contributed by atoms with E-state index in [9.17, 15) is 5.21 Å². The molecule has 0 spiro atoms. The molecular weight excluding hydrogens is 286 g/mol. The number of hydrogen-bond acceptors (Lipinski definition) is 3. The van der Waals surface area contributed by atoms with E-state index in [0.717, 1.165) is 22.1 Å². The molecule has 3 aromatic rings. The molecule has 0 saturated carbocycles. The fourth-order valence-electron chi connectivity index (χ4n) is 2.63.